The van der Waals surface area contributed by atoms with E-state index in [0.717, 1.165) is 30.1 Å². The van der Waals surface area contributed by atoms with E-state index in [9.17, 15) is 5.11 Å². The molecule has 0 unspecified atom stereocenters. The second kappa shape index (κ2) is 7.16. The van der Waals surface area contributed by atoms with Gasteiger partial charge in [0.1, 0.15) is 0 Å². The Balaban J connectivity index is 1.81. The van der Waals surface area contributed by atoms with Gasteiger partial charge in [-0.25, -0.2) is 4.98 Å². The van der Waals surface area contributed by atoms with Gasteiger partial charge < -0.3 is 10.4 Å². The highest BCUT2D eigenvalue weighted by Gasteiger charge is 2.16. The molecule has 21 heavy (non-hydrogen) atoms. The number of nitrogens with one attached hydrogen (secondary N) is 1. The van der Waals surface area contributed by atoms with Gasteiger partial charge in [0.25, 0.3) is 0 Å². The van der Waals surface area contributed by atoms with E-state index >= 15 is 0 Å². The molecule has 2 aromatic rings. The first-order valence-electron chi connectivity index (χ1n) is 7.39. The van der Waals surface area contributed by atoms with Crippen molar-refractivity contribution in [2.24, 2.45) is 0 Å². The normalized spacial score (nSPS) is 13.3. The maximum atomic E-state index is 9.78. The minimum Gasteiger partial charge on any atom is -0.390 e. The maximum absolute atomic E-state index is 9.78. The largest absolute Gasteiger partial charge is 0.390 e. The fourth-order valence-corrected chi connectivity index (χ4v) is 3.22. The predicted molar refractivity (Wildman–Crippen MR) is 89.6 cm³/mol. The molecule has 2 rings (SSSR count). The van der Waals surface area contributed by atoms with Crippen LogP contribution in [0.2, 0.25) is 0 Å². The average molecular weight is 304 g/mol. The van der Waals surface area contributed by atoms with Gasteiger partial charge in [-0.15, -0.1) is 11.3 Å². The molecule has 114 valence electrons. The molecule has 0 saturated carbocycles. The van der Waals surface area contributed by atoms with Crippen molar-refractivity contribution in [3.8, 4) is 11.3 Å². The lowest BCUT2D eigenvalue weighted by molar-refractivity contribution is 0.0614. The van der Waals surface area contributed by atoms with E-state index in [1.165, 1.54) is 5.56 Å². The van der Waals surface area contributed by atoms with Gasteiger partial charge in [-0.05, 0) is 27.2 Å². The van der Waals surface area contributed by atoms with E-state index in [4.69, 9.17) is 0 Å². The Hall–Kier alpha value is -1.23. The third kappa shape index (κ3) is 5.58. The van der Waals surface area contributed by atoms with Gasteiger partial charge in [-0.3, -0.25) is 0 Å². The monoisotopic (exact) mass is 304 g/mol. The van der Waals surface area contributed by atoms with Crippen LogP contribution in [0, 0.1) is 0 Å². The quantitative estimate of drug-likeness (QED) is 0.823. The second-order valence-corrected chi connectivity index (χ2v) is 7.06. The van der Waals surface area contributed by atoms with Crippen LogP contribution in [0.5, 0.6) is 0 Å². The fraction of sp³-hybridized carbons (Fsp3) is 0.471. The van der Waals surface area contributed by atoms with Crippen molar-refractivity contribution in [1.29, 1.82) is 0 Å². The molecule has 0 radical (unpaired) electrons. The van der Waals surface area contributed by atoms with Crippen LogP contribution < -0.4 is 5.32 Å². The van der Waals surface area contributed by atoms with Crippen LogP contribution in [-0.2, 0) is 6.42 Å². The zero-order chi connectivity index (χ0) is 15.3. The number of hydrogen-bond acceptors (Lipinski definition) is 4. The highest BCUT2D eigenvalue weighted by Crippen LogP contribution is 2.21. The number of rotatable bonds is 7. The first-order chi connectivity index (χ1) is 9.94. The Morgan fingerprint density at radius 1 is 1.29 bits per heavy atom. The van der Waals surface area contributed by atoms with E-state index in [-0.39, 0.29) is 0 Å². The van der Waals surface area contributed by atoms with Crippen LogP contribution in [0.15, 0.2) is 35.7 Å². The number of benzene rings is 1. The van der Waals surface area contributed by atoms with Crippen LogP contribution in [0.25, 0.3) is 11.3 Å². The van der Waals surface area contributed by atoms with E-state index in [1.54, 1.807) is 11.3 Å². The molecule has 0 fully saturated rings. The van der Waals surface area contributed by atoms with Crippen molar-refractivity contribution in [3.05, 3.63) is 40.7 Å². The third-order valence-corrected chi connectivity index (χ3v) is 4.17. The Labute approximate surface area is 131 Å². The molecule has 0 bridgehead atoms. The SMILES string of the molecule is C[C@H](CC(C)(C)O)NCCc1nc(-c2ccccc2)cs1. The molecule has 1 atom stereocenters. The van der Waals surface area contributed by atoms with E-state index in [2.05, 4.69) is 34.7 Å². The maximum Gasteiger partial charge on any atom is 0.0945 e. The van der Waals surface area contributed by atoms with Crippen LogP contribution in [0.1, 0.15) is 32.2 Å². The zero-order valence-electron chi connectivity index (χ0n) is 13.0. The van der Waals surface area contributed by atoms with Gasteiger partial charge in [-0.2, -0.15) is 0 Å². The van der Waals surface area contributed by atoms with E-state index < -0.39 is 5.60 Å². The van der Waals surface area contributed by atoms with Gasteiger partial charge in [0, 0.05) is 30.0 Å². The van der Waals surface area contributed by atoms with Crippen LogP contribution >= 0.6 is 11.3 Å². The summed E-state index contributed by atoms with van der Waals surface area (Å²) in [5.74, 6) is 0. The highest BCUT2D eigenvalue weighted by molar-refractivity contribution is 7.09. The van der Waals surface area contributed by atoms with Crippen molar-refractivity contribution in [2.75, 3.05) is 6.54 Å². The minimum absolute atomic E-state index is 0.304. The van der Waals surface area contributed by atoms with Gasteiger partial charge >= 0.3 is 0 Å². The predicted octanol–water partition coefficient (Wildman–Crippen LogP) is 3.49. The Morgan fingerprint density at radius 2 is 2.00 bits per heavy atom. The topological polar surface area (TPSA) is 45.1 Å². The first-order valence-corrected chi connectivity index (χ1v) is 8.27. The summed E-state index contributed by atoms with van der Waals surface area (Å²) < 4.78 is 0. The molecule has 0 spiro atoms. The van der Waals surface area contributed by atoms with Crippen molar-refractivity contribution >= 4 is 11.3 Å². The summed E-state index contributed by atoms with van der Waals surface area (Å²) in [6.07, 6.45) is 1.67. The molecule has 0 aliphatic carbocycles. The summed E-state index contributed by atoms with van der Waals surface area (Å²) >= 11 is 1.71. The average Bonchev–Trinajstić information content (AvgIpc) is 2.86. The van der Waals surface area contributed by atoms with Gasteiger partial charge in [0.05, 0.1) is 16.3 Å². The van der Waals surface area contributed by atoms with Crippen molar-refractivity contribution < 1.29 is 5.11 Å². The van der Waals surface area contributed by atoms with E-state index in [0.29, 0.717) is 6.04 Å². The molecule has 0 aliphatic rings. The molecule has 1 heterocycles. The second-order valence-electron chi connectivity index (χ2n) is 6.11. The van der Waals surface area contributed by atoms with Crippen LogP contribution in [0.4, 0.5) is 0 Å². The summed E-state index contributed by atoms with van der Waals surface area (Å²) in [6, 6.07) is 10.6. The lowest BCUT2D eigenvalue weighted by Crippen LogP contribution is -2.35. The third-order valence-electron chi connectivity index (χ3n) is 3.26. The lowest BCUT2D eigenvalue weighted by atomic mass is 10.0. The molecule has 1 aromatic carbocycles. The van der Waals surface area contributed by atoms with Gasteiger partial charge in [-0.1, -0.05) is 30.3 Å². The summed E-state index contributed by atoms with van der Waals surface area (Å²) in [5, 5.41) is 16.5. The fourth-order valence-electron chi connectivity index (χ4n) is 2.41. The van der Waals surface area contributed by atoms with Crippen molar-refractivity contribution in [2.45, 2.75) is 45.3 Å². The number of aliphatic hydroxyl groups is 1. The van der Waals surface area contributed by atoms with Crippen LogP contribution in [0.3, 0.4) is 0 Å². The smallest absolute Gasteiger partial charge is 0.0945 e. The molecule has 2 N–H and O–H groups in total. The molecule has 0 saturated heterocycles. The van der Waals surface area contributed by atoms with E-state index in [1.807, 2.05) is 32.0 Å². The lowest BCUT2D eigenvalue weighted by Gasteiger charge is -2.22. The molecule has 1 aromatic heterocycles. The Bertz CT molecular complexity index is 545. The molecule has 3 nitrogen and oxygen atoms in total. The zero-order valence-corrected chi connectivity index (χ0v) is 13.8. The van der Waals surface area contributed by atoms with Crippen molar-refractivity contribution in [3.63, 3.8) is 0 Å². The van der Waals surface area contributed by atoms with Crippen molar-refractivity contribution in [1.82, 2.24) is 10.3 Å². The molecular weight excluding hydrogens is 280 g/mol. The summed E-state index contributed by atoms with van der Waals surface area (Å²) in [5.41, 5.74) is 1.61. The molecule has 0 aliphatic heterocycles. The number of hydrogen-bond donors (Lipinski definition) is 2. The Morgan fingerprint density at radius 3 is 2.67 bits per heavy atom. The van der Waals surface area contributed by atoms with Crippen LogP contribution in [-0.4, -0.2) is 28.3 Å². The molecular formula is C17H24N2OS. The minimum atomic E-state index is -0.617. The summed E-state index contributed by atoms with van der Waals surface area (Å²) in [4.78, 5) is 4.68. The Kier molecular flexibility index (Phi) is 5.51. The molecule has 0 amide bonds. The number of aromatic nitrogens is 1. The summed E-state index contributed by atoms with van der Waals surface area (Å²) in [7, 11) is 0. The van der Waals surface area contributed by atoms with Gasteiger partial charge in [0.2, 0.25) is 0 Å². The first kappa shape index (κ1) is 16.1. The standard InChI is InChI=1S/C17H24N2OS/c1-13(11-17(2,3)20)18-10-9-16-19-15(12-21-16)14-7-5-4-6-8-14/h4-8,12-13,18,20H,9-11H2,1-3H3/t13-/m1/s1. The summed E-state index contributed by atoms with van der Waals surface area (Å²) in [6.45, 7) is 6.69. The highest BCUT2D eigenvalue weighted by atomic mass is 32.1. The number of thiazole rings is 1. The molecule has 4 heteroatoms. The van der Waals surface area contributed by atoms with Gasteiger partial charge in [0.15, 0.2) is 0 Å². The number of nitrogens with zero attached hydrogens (tertiary/aromatic N) is 1.